The molecule has 0 saturated carbocycles. The maximum absolute atomic E-state index is 13.2. The number of benzene rings is 1. The molecule has 0 atom stereocenters. The van der Waals surface area contributed by atoms with Gasteiger partial charge in [-0.1, -0.05) is 24.8 Å². The smallest absolute Gasteiger partial charge is 0.234 e. The summed E-state index contributed by atoms with van der Waals surface area (Å²) < 4.78 is 15.2. The molecule has 1 aromatic carbocycles. The largest absolute Gasteiger partial charge is 0.325 e. The van der Waals surface area contributed by atoms with Gasteiger partial charge in [-0.05, 0) is 31.5 Å². The number of hydrogen-bond acceptors (Lipinski definition) is 4. The first kappa shape index (κ1) is 16.5. The average Bonchev–Trinajstić information content (AvgIpc) is 2.90. The zero-order valence-electron chi connectivity index (χ0n) is 12.9. The van der Waals surface area contributed by atoms with E-state index >= 15 is 0 Å². The number of carbonyl (C=O) groups excluding carboxylic acids is 1. The maximum atomic E-state index is 13.2. The molecule has 0 aliphatic carbocycles. The van der Waals surface area contributed by atoms with Crippen molar-refractivity contribution in [3.8, 4) is 0 Å². The SMILES string of the molecule is CCc1nnc(SCC(=O)Nc2cc(F)ccc2C)n1CC. The number of rotatable bonds is 6. The number of aromatic nitrogens is 3. The van der Waals surface area contributed by atoms with E-state index in [1.165, 1.54) is 23.9 Å². The van der Waals surface area contributed by atoms with E-state index in [0.717, 1.165) is 29.5 Å². The Morgan fingerprint density at radius 3 is 2.82 bits per heavy atom. The fraction of sp³-hybridized carbons (Fsp3) is 0.400. The Balaban J connectivity index is 1.98. The second-order valence-electron chi connectivity index (χ2n) is 4.79. The summed E-state index contributed by atoms with van der Waals surface area (Å²) in [5.74, 6) is 0.554. The molecule has 0 radical (unpaired) electrons. The molecule has 0 spiro atoms. The molecule has 1 N–H and O–H groups in total. The van der Waals surface area contributed by atoms with Crippen molar-refractivity contribution >= 4 is 23.4 Å². The van der Waals surface area contributed by atoms with Crippen LogP contribution in [0.4, 0.5) is 10.1 Å². The molecule has 2 aromatic rings. The normalized spacial score (nSPS) is 10.7. The lowest BCUT2D eigenvalue weighted by atomic mass is 10.2. The molecule has 0 aliphatic heterocycles. The Kier molecular flexibility index (Phi) is 5.54. The molecule has 5 nitrogen and oxygen atoms in total. The molecule has 1 amide bonds. The number of carbonyl (C=O) groups is 1. The number of thioether (sulfide) groups is 1. The molecule has 1 aromatic heterocycles. The number of hydrogen-bond donors (Lipinski definition) is 1. The van der Waals surface area contributed by atoms with Crippen LogP contribution in [-0.2, 0) is 17.8 Å². The highest BCUT2D eigenvalue weighted by Gasteiger charge is 2.12. The summed E-state index contributed by atoms with van der Waals surface area (Å²) in [6.45, 7) is 6.62. The zero-order valence-corrected chi connectivity index (χ0v) is 13.7. The number of anilines is 1. The number of nitrogens with one attached hydrogen (secondary N) is 1. The molecule has 0 aliphatic rings. The lowest BCUT2D eigenvalue weighted by Crippen LogP contribution is -2.15. The van der Waals surface area contributed by atoms with Crippen LogP contribution in [0.25, 0.3) is 0 Å². The first-order valence-electron chi connectivity index (χ1n) is 7.16. The van der Waals surface area contributed by atoms with Crippen molar-refractivity contribution in [2.75, 3.05) is 11.1 Å². The van der Waals surface area contributed by atoms with Gasteiger partial charge in [0.2, 0.25) is 5.91 Å². The lowest BCUT2D eigenvalue weighted by Gasteiger charge is -2.09. The first-order chi connectivity index (χ1) is 10.5. The van der Waals surface area contributed by atoms with E-state index in [4.69, 9.17) is 0 Å². The molecule has 0 unspecified atom stereocenters. The maximum Gasteiger partial charge on any atom is 0.234 e. The lowest BCUT2D eigenvalue weighted by molar-refractivity contribution is -0.113. The average molecular weight is 322 g/mol. The van der Waals surface area contributed by atoms with E-state index < -0.39 is 0 Å². The van der Waals surface area contributed by atoms with Crippen LogP contribution >= 0.6 is 11.8 Å². The first-order valence-corrected chi connectivity index (χ1v) is 8.14. The summed E-state index contributed by atoms with van der Waals surface area (Å²) >= 11 is 1.33. The van der Waals surface area contributed by atoms with Crippen molar-refractivity contribution in [3.63, 3.8) is 0 Å². The van der Waals surface area contributed by atoms with Crippen LogP contribution < -0.4 is 5.32 Å². The second-order valence-corrected chi connectivity index (χ2v) is 5.74. The topological polar surface area (TPSA) is 59.8 Å². The minimum atomic E-state index is -0.369. The zero-order chi connectivity index (χ0) is 16.1. The van der Waals surface area contributed by atoms with Gasteiger partial charge in [0.05, 0.1) is 5.75 Å². The molecular formula is C15H19FN4OS. The van der Waals surface area contributed by atoms with Crippen molar-refractivity contribution in [2.24, 2.45) is 0 Å². The summed E-state index contributed by atoms with van der Waals surface area (Å²) in [5.41, 5.74) is 1.32. The third-order valence-corrected chi connectivity index (χ3v) is 4.20. The number of amides is 1. The Hall–Kier alpha value is -1.89. The van der Waals surface area contributed by atoms with Crippen LogP contribution in [0, 0.1) is 12.7 Å². The second kappa shape index (κ2) is 7.40. The molecule has 1 heterocycles. The van der Waals surface area contributed by atoms with Crippen molar-refractivity contribution in [3.05, 3.63) is 35.4 Å². The Labute approximate surface area is 133 Å². The molecule has 0 bridgehead atoms. The molecule has 0 fully saturated rings. The van der Waals surface area contributed by atoms with Crippen LogP contribution in [-0.4, -0.2) is 26.4 Å². The van der Waals surface area contributed by atoms with Gasteiger partial charge in [0.1, 0.15) is 11.6 Å². The highest BCUT2D eigenvalue weighted by Crippen LogP contribution is 2.19. The van der Waals surface area contributed by atoms with Gasteiger partial charge in [-0.15, -0.1) is 10.2 Å². The highest BCUT2D eigenvalue weighted by atomic mass is 32.2. The van der Waals surface area contributed by atoms with Crippen molar-refractivity contribution in [1.82, 2.24) is 14.8 Å². The van der Waals surface area contributed by atoms with Crippen LogP contribution in [0.2, 0.25) is 0 Å². The van der Waals surface area contributed by atoms with Gasteiger partial charge in [0, 0.05) is 18.7 Å². The quantitative estimate of drug-likeness (QED) is 0.831. The molecular weight excluding hydrogens is 303 g/mol. The number of nitrogens with zero attached hydrogens (tertiary/aromatic N) is 3. The summed E-state index contributed by atoms with van der Waals surface area (Å²) in [6.07, 6.45) is 0.802. The van der Waals surface area contributed by atoms with Gasteiger partial charge in [0.15, 0.2) is 5.16 Å². The van der Waals surface area contributed by atoms with Gasteiger partial charge in [-0.2, -0.15) is 0 Å². The van der Waals surface area contributed by atoms with E-state index in [2.05, 4.69) is 15.5 Å². The standard InChI is InChI=1S/C15H19FN4OS/c1-4-13-18-19-15(20(13)5-2)22-9-14(21)17-12-8-11(16)7-6-10(12)3/h6-8H,4-5,9H2,1-3H3,(H,17,21). The van der Waals surface area contributed by atoms with Gasteiger partial charge in [-0.25, -0.2) is 4.39 Å². The highest BCUT2D eigenvalue weighted by molar-refractivity contribution is 7.99. The van der Waals surface area contributed by atoms with Crippen LogP contribution in [0.15, 0.2) is 23.4 Å². The van der Waals surface area contributed by atoms with Gasteiger partial charge < -0.3 is 9.88 Å². The monoisotopic (exact) mass is 322 g/mol. The number of aryl methyl sites for hydroxylation is 2. The Morgan fingerprint density at radius 2 is 2.14 bits per heavy atom. The minimum Gasteiger partial charge on any atom is -0.325 e. The third kappa shape index (κ3) is 3.85. The summed E-state index contributed by atoms with van der Waals surface area (Å²) in [6, 6.07) is 4.33. The number of halogens is 1. The fourth-order valence-electron chi connectivity index (χ4n) is 2.05. The van der Waals surface area contributed by atoms with E-state index in [1.807, 2.05) is 25.3 Å². The van der Waals surface area contributed by atoms with E-state index in [-0.39, 0.29) is 17.5 Å². The summed E-state index contributed by atoms with van der Waals surface area (Å²) in [7, 11) is 0. The Morgan fingerprint density at radius 1 is 1.36 bits per heavy atom. The van der Waals surface area contributed by atoms with E-state index in [1.54, 1.807) is 6.07 Å². The minimum absolute atomic E-state index is 0.192. The van der Waals surface area contributed by atoms with Gasteiger partial charge in [-0.3, -0.25) is 4.79 Å². The van der Waals surface area contributed by atoms with Crippen molar-refractivity contribution in [1.29, 1.82) is 0 Å². The molecule has 0 saturated heterocycles. The molecule has 7 heteroatoms. The summed E-state index contributed by atoms with van der Waals surface area (Å²) in [4.78, 5) is 12.0. The van der Waals surface area contributed by atoms with E-state index in [9.17, 15) is 9.18 Å². The van der Waals surface area contributed by atoms with Crippen molar-refractivity contribution in [2.45, 2.75) is 38.9 Å². The van der Waals surface area contributed by atoms with Crippen molar-refractivity contribution < 1.29 is 9.18 Å². The summed E-state index contributed by atoms with van der Waals surface area (Å²) in [5, 5.41) is 11.7. The predicted molar refractivity (Wildman–Crippen MR) is 85.6 cm³/mol. The molecule has 2 rings (SSSR count). The van der Waals surface area contributed by atoms with Gasteiger partial charge in [0.25, 0.3) is 0 Å². The van der Waals surface area contributed by atoms with Crippen LogP contribution in [0.3, 0.4) is 0 Å². The Bertz CT molecular complexity index is 672. The molecule has 22 heavy (non-hydrogen) atoms. The third-order valence-electron chi connectivity index (χ3n) is 3.23. The van der Waals surface area contributed by atoms with Crippen LogP contribution in [0.5, 0.6) is 0 Å². The van der Waals surface area contributed by atoms with Gasteiger partial charge >= 0.3 is 0 Å². The fourth-order valence-corrected chi connectivity index (χ4v) is 2.87. The predicted octanol–water partition coefficient (Wildman–Crippen LogP) is 3.04. The van der Waals surface area contributed by atoms with E-state index in [0.29, 0.717) is 5.69 Å². The molecule has 118 valence electrons. The van der Waals surface area contributed by atoms with Crippen LogP contribution in [0.1, 0.15) is 25.2 Å².